The number of hydrogen-bond acceptors (Lipinski definition) is 8. The molecular formula is C15H12N6O2. The van der Waals surface area contributed by atoms with Gasteiger partial charge in [-0.25, -0.2) is 0 Å². The van der Waals surface area contributed by atoms with Gasteiger partial charge in [0, 0.05) is 5.69 Å². The van der Waals surface area contributed by atoms with E-state index >= 15 is 0 Å². The fourth-order valence-electron chi connectivity index (χ4n) is 1.90. The number of nitrogen functional groups attached to an aromatic ring is 1. The largest absolute Gasteiger partial charge is 0.455 e. The van der Waals surface area contributed by atoms with Gasteiger partial charge in [-0.15, -0.1) is 0 Å². The van der Waals surface area contributed by atoms with Gasteiger partial charge in [0.05, 0.1) is 11.6 Å². The monoisotopic (exact) mass is 308 g/mol. The maximum absolute atomic E-state index is 9.04. The Morgan fingerprint density at radius 2 is 1.91 bits per heavy atom. The highest BCUT2D eigenvalue weighted by Crippen LogP contribution is 2.21. The van der Waals surface area contributed by atoms with Crippen molar-refractivity contribution in [3.63, 3.8) is 0 Å². The normalized spacial score (nSPS) is 10.3. The van der Waals surface area contributed by atoms with Gasteiger partial charge in [-0.1, -0.05) is 0 Å². The van der Waals surface area contributed by atoms with Gasteiger partial charge in [0.1, 0.15) is 12.4 Å². The predicted molar refractivity (Wildman–Crippen MR) is 82.3 cm³/mol. The third-order valence-corrected chi connectivity index (χ3v) is 2.96. The summed E-state index contributed by atoms with van der Waals surface area (Å²) < 4.78 is 5.39. The lowest BCUT2D eigenvalue weighted by atomic mass is 10.2. The van der Waals surface area contributed by atoms with E-state index in [1.54, 1.807) is 36.4 Å². The van der Waals surface area contributed by atoms with Crippen molar-refractivity contribution in [1.29, 1.82) is 5.26 Å². The minimum absolute atomic E-state index is 0.0353. The van der Waals surface area contributed by atoms with Crippen LogP contribution in [0.25, 0.3) is 11.6 Å². The van der Waals surface area contributed by atoms with E-state index in [0.717, 1.165) is 0 Å². The van der Waals surface area contributed by atoms with Gasteiger partial charge in [0.15, 0.2) is 5.76 Å². The van der Waals surface area contributed by atoms with Crippen LogP contribution in [0.4, 0.5) is 17.6 Å². The molecule has 8 nitrogen and oxygen atoms in total. The number of aliphatic hydroxyl groups is 1. The first-order valence-electron chi connectivity index (χ1n) is 6.66. The number of nitrogens with zero attached hydrogens (tertiary/aromatic N) is 4. The fraction of sp³-hybridized carbons (Fsp3) is 0.0667. The average molecular weight is 308 g/mol. The van der Waals surface area contributed by atoms with Crippen LogP contribution in [0.1, 0.15) is 11.3 Å². The number of benzene rings is 1. The van der Waals surface area contributed by atoms with E-state index in [0.29, 0.717) is 22.8 Å². The summed E-state index contributed by atoms with van der Waals surface area (Å²) in [6, 6.07) is 12.1. The average Bonchev–Trinajstić information content (AvgIpc) is 3.04. The molecule has 114 valence electrons. The smallest absolute Gasteiger partial charge is 0.232 e. The van der Waals surface area contributed by atoms with Gasteiger partial charge in [-0.05, 0) is 36.4 Å². The summed E-state index contributed by atoms with van der Waals surface area (Å²) in [5, 5.41) is 20.8. The SMILES string of the molecule is N#Cc1ccc(Nc2nc(N)nc(-c3ccc(CO)o3)n2)cc1. The number of aliphatic hydroxyl groups excluding tert-OH is 1. The highest BCUT2D eigenvalue weighted by atomic mass is 16.4. The number of nitrogens with two attached hydrogens (primary N) is 1. The predicted octanol–water partition coefficient (Wildman–Crippen LogP) is 1.82. The molecule has 0 amide bonds. The second kappa shape index (κ2) is 6.13. The Hall–Kier alpha value is -3.44. The Bertz CT molecular complexity index is 866. The number of hydrogen-bond donors (Lipinski definition) is 3. The first kappa shape index (κ1) is 14.5. The van der Waals surface area contributed by atoms with Crippen molar-refractivity contribution in [2.75, 3.05) is 11.1 Å². The summed E-state index contributed by atoms with van der Waals surface area (Å²) in [5.74, 6) is 1.33. The van der Waals surface area contributed by atoms with Crippen LogP contribution in [0, 0.1) is 11.3 Å². The van der Waals surface area contributed by atoms with Crippen LogP contribution in [0.5, 0.6) is 0 Å². The first-order valence-corrected chi connectivity index (χ1v) is 6.66. The minimum atomic E-state index is -0.211. The molecule has 0 fully saturated rings. The molecule has 1 aromatic carbocycles. The summed E-state index contributed by atoms with van der Waals surface area (Å²) in [6.07, 6.45) is 0. The Kier molecular flexibility index (Phi) is 3.86. The van der Waals surface area contributed by atoms with Crippen LogP contribution in [-0.4, -0.2) is 20.1 Å². The molecule has 8 heteroatoms. The summed E-state index contributed by atoms with van der Waals surface area (Å²) in [5.41, 5.74) is 6.96. The zero-order chi connectivity index (χ0) is 16.2. The first-order chi connectivity index (χ1) is 11.2. The fourth-order valence-corrected chi connectivity index (χ4v) is 1.90. The highest BCUT2D eigenvalue weighted by Gasteiger charge is 2.11. The number of furan rings is 1. The van der Waals surface area contributed by atoms with E-state index in [2.05, 4.69) is 20.3 Å². The Morgan fingerprint density at radius 1 is 1.13 bits per heavy atom. The van der Waals surface area contributed by atoms with Crippen LogP contribution in [0.2, 0.25) is 0 Å². The standard InChI is InChI=1S/C15H12N6O2/c16-7-9-1-3-10(4-2-9)18-15-20-13(19-14(17)21-15)12-6-5-11(8-22)23-12/h1-6,22H,8H2,(H3,17,18,19,20,21). The van der Waals surface area contributed by atoms with E-state index in [-0.39, 0.29) is 24.3 Å². The van der Waals surface area contributed by atoms with Gasteiger partial charge >= 0.3 is 0 Å². The maximum Gasteiger partial charge on any atom is 0.232 e. The summed E-state index contributed by atoms with van der Waals surface area (Å²) >= 11 is 0. The van der Waals surface area contributed by atoms with Gasteiger partial charge in [-0.2, -0.15) is 20.2 Å². The zero-order valence-electron chi connectivity index (χ0n) is 11.9. The molecular weight excluding hydrogens is 296 g/mol. The number of nitriles is 1. The van der Waals surface area contributed by atoms with E-state index in [9.17, 15) is 0 Å². The third-order valence-electron chi connectivity index (χ3n) is 2.96. The van der Waals surface area contributed by atoms with E-state index < -0.39 is 0 Å². The zero-order valence-corrected chi connectivity index (χ0v) is 11.9. The quantitative estimate of drug-likeness (QED) is 0.664. The van der Waals surface area contributed by atoms with Crippen molar-refractivity contribution in [3.05, 3.63) is 47.7 Å². The van der Waals surface area contributed by atoms with Gasteiger partial charge < -0.3 is 20.6 Å². The van der Waals surface area contributed by atoms with Gasteiger partial charge in [-0.3, -0.25) is 0 Å². The molecule has 0 saturated heterocycles. The molecule has 4 N–H and O–H groups in total. The van der Waals surface area contributed by atoms with Crippen molar-refractivity contribution >= 4 is 17.6 Å². The lowest BCUT2D eigenvalue weighted by molar-refractivity contribution is 0.248. The second-order valence-corrected chi connectivity index (χ2v) is 4.58. The number of aromatic nitrogens is 3. The molecule has 0 aliphatic carbocycles. The topological polar surface area (TPSA) is 134 Å². The van der Waals surface area contributed by atoms with Gasteiger partial charge in [0.2, 0.25) is 17.7 Å². The molecule has 3 rings (SSSR count). The second-order valence-electron chi connectivity index (χ2n) is 4.58. The molecule has 2 heterocycles. The summed E-state index contributed by atoms with van der Waals surface area (Å²) in [6.45, 7) is -0.211. The van der Waals surface area contributed by atoms with Crippen LogP contribution >= 0.6 is 0 Å². The van der Waals surface area contributed by atoms with Crippen LogP contribution in [0.3, 0.4) is 0 Å². The molecule has 0 atom stereocenters. The Balaban J connectivity index is 1.89. The Morgan fingerprint density at radius 3 is 2.57 bits per heavy atom. The van der Waals surface area contributed by atoms with Crippen molar-refractivity contribution in [2.45, 2.75) is 6.61 Å². The maximum atomic E-state index is 9.04. The molecule has 0 radical (unpaired) electrons. The molecule has 2 aromatic heterocycles. The molecule has 0 bridgehead atoms. The minimum Gasteiger partial charge on any atom is -0.455 e. The number of rotatable bonds is 4. The van der Waals surface area contributed by atoms with Crippen LogP contribution in [0.15, 0.2) is 40.8 Å². The van der Waals surface area contributed by atoms with Crippen molar-refractivity contribution in [1.82, 2.24) is 15.0 Å². The lowest BCUT2D eigenvalue weighted by Gasteiger charge is -2.06. The van der Waals surface area contributed by atoms with E-state index in [1.807, 2.05) is 6.07 Å². The van der Waals surface area contributed by atoms with Crippen molar-refractivity contribution in [3.8, 4) is 17.7 Å². The van der Waals surface area contributed by atoms with Crippen molar-refractivity contribution in [2.24, 2.45) is 0 Å². The van der Waals surface area contributed by atoms with Gasteiger partial charge in [0.25, 0.3) is 0 Å². The molecule has 0 saturated carbocycles. The molecule has 0 aliphatic rings. The van der Waals surface area contributed by atoms with Crippen LogP contribution < -0.4 is 11.1 Å². The summed E-state index contributed by atoms with van der Waals surface area (Å²) in [7, 11) is 0. The number of nitrogens with one attached hydrogen (secondary N) is 1. The third kappa shape index (κ3) is 3.25. The van der Waals surface area contributed by atoms with E-state index in [4.69, 9.17) is 20.5 Å². The number of anilines is 3. The van der Waals surface area contributed by atoms with Crippen LogP contribution in [-0.2, 0) is 6.61 Å². The molecule has 0 unspecified atom stereocenters. The van der Waals surface area contributed by atoms with Crippen molar-refractivity contribution < 1.29 is 9.52 Å². The lowest BCUT2D eigenvalue weighted by Crippen LogP contribution is -2.04. The summed E-state index contributed by atoms with van der Waals surface area (Å²) in [4.78, 5) is 12.3. The van der Waals surface area contributed by atoms with E-state index in [1.165, 1.54) is 0 Å². The molecule has 0 spiro atoms. The molecule has 23 heavy (non-hydrogen) atoms. The highest BCUT2D eigenvalue weighted by molar-refractivity contribution is 5.58. The Labute approximate surface area is 131 Å². The molecule has 0 aliphatic heterocycles. The molecule has 3 aromatic rings.